The number of hydrogen-bond acceptors (Lipinski definition) is 2. The number of nitrogens with zero attached hydrogens (tertiary/aromatic N) is 6. The standard InChI is InChI=1S/C82H54N6/c1-3-18-59(19-4-1)85-73-28-14-11-25-65(73)70-47-53(37-43-76(70)85)55-35-40-67-63-23-9-13-27-72(63)87(78(67)49-55)61-39-33-51-31-32-57(45-58(51)46-61)81-83-80-62-22-8-7-17-52(62)34-42-69(80)82(84-81)88-75-30-16-10-24-64(75)68-41-36-56(50-79(68)88)54-38-44-77-71(48-54)66-26-12-15-29-74(66)86(77)60-20-5-2-6-21-60/h1-10,12-24,26-34,36-39,41-50H,11,25,35,40H2. The second-order valence-electron chi connectivity index (χ2n) is 23.9. The SMILES string of the molecule is C1=Cc2c(c3cc(C4=Cc5c(c6ccccc6n5-c5ccc6ccc(-c7nc(-n8c9ccccc9c9ccc(-c%10ccc%11c(c%10)c%10ccccc%10n%11-c%10ccccc%10)cc98)c8ccc9ccccc9c8n7)cc6c5)CC4)ccc3n2-c2ccccc2)CC1. The third-order valence-electron chi connectivity index (χ3n) is 19.1. The smallest absolute Gasteiger partial charge is 0.162 e. The average Bonchev–Trinajstić information content (AvgIpc) is 1.75. The molecule has 0 saturated heterocycles. The molecule has 12 aromatic carbocycles. The Morgan fingerprint density at radius 1 is 0.295 bits per heavy atom. The van der Waals surface area contributed by atoms with Gasteiger partial charge in [0.2, 0.25) is 0 Å². The van der Waals surface area contributed by atoms with Crippen LogP contribution in [-0.2, 0) is 12.8 Å². The van der Waals surface area contributed by atoms with Gasteiger partial charge < -0.3 is 13.7 Å². The molecule has 5 heterocycles. The molecule has 0 atom stereocenters. The average molecular weight is 1120 g/mol. The molecule has 0 aliphatic heterocycles. The summed E-state index contributed by atoms with van der Waals surface area (Å²) in [7, 11) is 0. The van der Waals surface area contributed by atoms with Gasteiger partial charge in [-0.25, -0.2) is 9.97 Å². The van der Waals surface area contributed by atoms with Gasteiger partial charge in [-0.1, -0.05) is 170 Å². The molecule has 5 aromatic heterocycles. The van der Waals surface area contributed by atoms with Gasteiger partial charge in [0, 0.05) is 71.4 Å². The third-order valence-corrected chi connectivity index (χ3v) is 19.1. The summed E-state index contributed by atoms with van der Waals surface area (Å²) in [6, 6.07) is 95.8. The van der Waals surface area contributed by atoms with E-state index in [9.17, 15) is 0 Å². The minimum absolute atomic E-state index is 0.679. The molecule has 17 aromatic rings. The van der Waals surface area contributed by atoms with E-state index in [-0.39, 0.29) is 0 Å². The van der Waals surface area contributed by atoms with Crippen molar-refractivity contribution in [3.05, 3.63) is 295 Å². The Bertz CT molecular complexity index is 5870. The van der Waals surface area contributed by atoms with E-state index in [1.54, 1.807) is 0 Å². The summed E-state index contributed by atoms with van der Waals surface area (Å²) in [5.41, 5.74) is 22.8. The molecular weight excluding hydrogens is 1070 g/mol. The molecule has 6 heteroatoms. The number of rotatable bonds is 7. The number of benzene rings is 12. The molecule has 0 spiro atoms. The normalized spacial score (nSPS) is 13.3. The van der Waals surface area contributed by atoms with Gasteiger partial charge in [0.1, 0.15) is 5.82 Å². The van der Waals surface area contributed by atoms with Crippen molar-refractivity contribution < 1.29 is 0 Å². The highest BCUT2D eigenvalue weighted by molar-refractivity contribution is 6.15. The van der Waals surface area contributed by atoms with Gasteiger partial charge in [-0.3, -0.25) is 4.57 Å². The van der Waals surface area contributed by atoms with Crippen LogP contribution in [0, 0.1) is 0 Å². The van der Waals surface area contributed by atoms with Crippen molar-refractivity contribution in [2.24, 2.45) is 0 Å². The zero-order chi connectivity index (χ0) is 57.6. The molecule has 2 aliphatic rings. The van der Waals surface area contributed by atoms with E-state index in [0.29, 0.717) is 5.82 Å². The molecule has 0 fully saturated rings. The molecule has 19 rings (SSSR count). The number of fused-ring (bicyclic) bond motifs is 16. The van der Waals surface area contributed by atoms with Crippen LogP contribution in [0.3, 0.4) is 0 Å². The predicted octanol–water partition coefficient (Wildman–Crippen LogP) is 20.8. The van der Waals surface area contributed by atoms with Crippen LogP contribution in [0.4, 0.5) is 0 Å². The Morgan fingerprint density at radius 3 is 1.68 bits per heavy atom. The van der Waals surface area contributed by atoms with Gasteiger partial charge in [-0.15, -0.1) is 0 Å². The lowest BCUT2D eigenvalue weighted by Gasteiger charge is -2.18. The lowest BCUT2D eigenvalue weighted by atomic mass is 9.90. The summed E-state index contributed by atoms with van der Waals surface area (Å²) in [6.07, 6.45) is 11.2. The van der Waals surface area contributed by atoms with E-state index in [0.717, 1.165) is 103 Å². The minimum atomic E-state index is 0.679. The van der Waals surface area contributed by atoms with Crippen molar-refractivity contribution in [2.45, 2.75) is 25.7 Å². The van der Waals surface area contributed by atoms with Crippen LogP contribution in [0.15, 0.2) is 267 Å². The van der Waals surface area contributed by atoms with Crippen molar-refractivity contribution in [3.63, 3.8) is 0 Å². The summed E-state index contributed by atoms with van der Waals surface area (Å²) in [4.78, 5) is 11.3. The monoisotopic (exact) mass is 1120 g/mol. The van der Waals surface area contributed by atoms with Gasteiger partial charge in [0.15, 0.2) is 5.82 Å². The molecule has 0 amide bonds. The fourth-order valence-corrected chi connectivity index (χ4v) is 15.1. The number of aryl methyl sites for hydroxylation is 2. The second-order valence-corrected chi connectivity index (χ2v) is 23.9. The predicted molar refractivity (Wildman–Crippen MR) is 368 cm³/mol. The van der Waals surface area contributed by atoms with E-state index in [1.165, 1.54) is 93.7 Å². The van der Waals surface area contributed by atoms with Gasteiger partial charge in [0.05, 0.1) is 44.3 Å². The van der Waals surface area contributed by atoms with Crippen LogP contribution < -0.4 is 0 Å². The Hall–Kier alpha value is -11.3. The van der Waals surface area contributed by atoms with Gasteiger partial charge in [-0.05, 0) is 184 Å². The van der Waals surface area contributed by atoms with Crippen LogP contribution in [0.2, 0.25) is 0 Å². The first-order valence-electron chi connectivity index (χ1n) is 30.7. The molecule has 6 nitrogen and oxygen atoms in total. The maximum absolute atomic E-state index is 5.74. The third kappa shape index (κ3) is 7.36. The Morgan fingerprint density at radius 2 is 0.864 bits per heavy atom. The van der Waals surface area contributed by atoms with Crippen LogP contribution >= 0.6 is 0 Å². The van der Waals surface area contributed by atoms with E-state index in [4.69, 9.17) is 9.97 Å². The Labute approximate surface area is 507 Å². The topological polar surface area (TPSA) is 45.5 Å². The van der Waals surface area contributed by atoms with Crippen LogP contribution in [-0.4, -0.2) is 28.2 Å². The molecule has 0 radical (unpaired) electrons. The fourth-order valence-electron chi connectivity index (χ4n) is 15.1. The van der Waals surface area contributed by atoms with Crippen LogP contribution in [0.25, 0.3) is 161 Å². The zero-order valence-corrected chi connectivity index (χ0v) is 48.1. The Balaban J connectivity index is 0.760. The molecule has 0 saturated carbocycles. The van der Waals surface area contributed by atoms with Crippen molar-refractivity contribution in [2.75, 3.05) is 0 Å². The minimum Gasteiger partial charge on any atom is -0.310 e. The zero-order valence-electron chi connectivity index (χ0n) is 48.1. The molecule has 2 aliphatic carbocycles. The van der Waals surface area contributed by atoms with Crippen LogP contribution in [0.5, 0.6) is 0 Å². The van der Waals surface area contributed by atoms with E-state index in [2.05, 4.69) is 297 Å². The van der Waals surface area contributed by atoms with Crippen LogP contribution in [0.1, 0.15) is 40.9 Å². The largest absolute Gasteiger partial charge is 0.310 e. The molecule has 0 unspecified atom stereocenters. The number of para-hydroxylation sites is 5. The second kappa shape index (κ2) is 19.1. The van der Waals surface area contributed by atoms with Gasteiger partial charge >= 0.3 is 0 Å². The quantitative estimate of drug-likeness (QED) is 0.149. The lowest BCUT2D eigenvalue weighted by Crippen LogP contribution is -2.04. The van der Waals surface area contributed by atoms with Crippen molar-refractivity contribution >= 4 is 116 Å². The highest BCUT2D eigenvalue weighted by Gasteiger charge is 2.26. The summed E-state index contributed by atoms with van der Waals surface area (Å²) in [5.74, 6) is 1.53. The number of aromatic nitrogens is 6. The summed E-state index contributed by atoms with van der Waals surface area (Å²) < 4.78 is 9.72. The summed E-state index contributed by atoms with van der Waals surface area (Å²) in [5, 5.41) is 13.0. The summed E-state index contributed by atoms with van der Waals surface area (Å²) >= 11 is 0. The molecule has 0 bridgehead atoms. The maximum Gasteiger partial charge on any atom is 0.162 e. The van der Waals surface area contributed by atoms with Gasteiger partial charge in [-0.2, -0.15) is 0 Å². The highest BCUT2D eigenvalue weighted by Crippen LogP contribution is 2.44. The van der Waals surface area contributed by atoms with E-state index >= 15 is 0 Å². The van der Waals surface area contributed by atoms with Gasteiger partial charge in [0.25, 0.3) is 0 Å². The first kappa shape index (κ1) is 49.0. The Kier molecular flexibility index (Phi) is 10.6. The lowest BCUT2D eigenvalue weighted by molar-refractivity contribution is 0.967. The maximum atomic E-state index is 5.74. The molecule has 0 N–H and O–H groups in total. The molecule has 412 valence electrons. The first-order valence-corrected chi connectivity index (χ1v) is 30.7. The number of hydrogen-bond donors (Lipinski definition) is 0. The van der Waals surface area contributed by atoms with E-state index in [1.807, 2.05) is 0 Å². The summed E-state index contributed by atoms with van der Waals surface area (Å²) in [6.45, 7) is 0. The van der Waals surface area contributed by atoms with E-state index < -0.39 is 0 Å². The number of allylic oxidation sites excluding steroid dienone is 2. The molecular formula is C82H54N6. The first-order chi connectivity index (χ1) is 43.6. The van der Waals surface area contributed by atoms with Crippen molar-refractivity contribution in [1.29, 1.82) is 0 Å². The molecule has 88 heavy (non-hydrogen) atoms. The van der Waals surface area contributed by atoms with Crippen molar-refractivity contribution in [1.82, 2.24) is 28.2 Å². The highest BCUT2D eigenvalue weighted by atomic mass is 15.1. The van der Waals surface area contributed by atoms with Crippen molar-refractivity contribution in [3.8, 4) is 45.4 Å². The fraction of sp³-hybridized carbons (Fsp3) is 0.0488.